The first-order valence-electron chi connectivity index (χ1n) is 5.69. The third-order valence-electron chi connectivity index (χ3n) is 3.49. The predicted octanol–water partition coefficient (Wildman–Crippen LogP) is 2.47. The smallest absolute Gasteiger partial charge is 0.126 e. The van der Waals surface area contributed by atoms with Crippen molar-refractivity contribution in [2.75, 3.05) is 0 Å². The van der Waals surface area contributed by atoms with E-state index in [1.54, 1.807) is 19.1 Å². The van der Waals surface area contributed by atoms with E-state index in [2.05, 4.69) is 0 Å². The van der Waals surface area contributed by atoms with Crippen LogP contribution in [-0.4, -0.2) is 15.8 Å². The number of hydrogen-bond acceptors (Lipinski definition) is 2. The van der Waals surface area contributed by atoms with Crippen LogP contribution < -0.4 is 0 Å². The van der Waals surface area contributed by atoms with E-state index in [-0.39, 0.29) is 5.82 Å². The highest BCUT2D eigenvalue weighted by atomic mass is 19.1. The van der Waals surface area contributed by atoms with Gasteiger partial charge >= 0.3 is 0 Å². The van der Waals surface area contributed by atoms with Crippen molar-refractivity contribution in [3.63, 3.8) is 0 Å². The summed E-state index contributed by atoms with van der Waals surface area (Å²) in [5, 5.41) is 20.3. The molecule has 2 N–H and O–H groups in total. The van der Waals surface area contributed by atoms with E-state index in [0.29, 0.717) is 24.0 Å². The van der Waals surface area contributed by atoms with Crippen LogP contribution in [0.2, 0.25) is 0 Å². The van der Waals surface area contributed by atoms with Gasteiger partial charge in [0, 0.05) is 0 Å². The summed E-state index contributed by atoms with van der Waals surface area (Å²) in [6, 6.07) is 4.63. The molecule has 1 aromatic carbocycles. The topological polar surface area (TPSA) is 40.5 Å². The maximum Gasteiger partial charge on any atom is 0.126 e. The fourth-order valence-corrected chi connectivity index (χ4v) is 2.35. The standard InChI is InChI=1S/C13H17FO2/c1-9-4-5-10(8-11(9)14)12(15)13(16)6-2-3-7-13/h4-5,8,12,15-16H,2-3,6-7H2,1H3. The van der Waals surface area contributed by atoms with Gasteiger partial charge in [-0.1, -0.05) is 25.0 Å². The molecule has 0 aromatic heterocycles. The summed E-state index contributed by atoms with van der Waals surface area (Å²) >= 11 is 0. The first kappa shape index (κ1) is 11.6. The lowest BCUT2D eigenvalue weighted by molar-refractivity contribution is -0.0720. The summed E-state index contributed by atoms with van der Waals surface area (Å²) in [4.78, 5) is 0. The number of hydrogen-bond donors (Lipinski definition) is 2. The lowest BCUT2D eigenvalue weighted by Crippen LogP contribution is -2.32. The zero-order chi connectivity index (χ0) is 11.8. The number of aliphatic hydroxyl groups is 2. The Kier molecular flexibility index (Phi) is 3.00. The molecule has 0 heterocycles. The van der Waals surface area contributed by atoms with Crippen molar-refractivity contribution in [3.05, 3.63) is 35.1 Å². The summed E-state index contributed by atoms with van der Waals surface area (Å²) in [5.74, 6) is -0.335. The average molecular weight is 224 g/mol. The quantitative estimate of drug-likeness (QED) is 0.810. The molecule has 88 valence electrons. The lowest BCUT2D eigenvalue weighted by Gasteiger charge is -2.28. The maximum atomic E-state index is 13.4. The van der Waals surface area contributed by atoms with Crippen molar-refractivity contribution < 1.29 is 14.6 Å². The molecule has 1 atom stereocenters. The molecule has 0 amide bonds. The van der Waals surface area contributed by atoms with Crippen molar-refractivity contribution in [3.8, 4) is 0 Å². The van der Waals surface area contributed by atoms with Crippen molar-refractivity contribution in [2.45, 2.75) is 44.3 Å². The number of benzene rings is 1. The van der Waals surface area contributed by atoms with E-state index in [9.17, 15) is 14.6 Å². The molecule has 3 heteroatoms. The molecular weight excluding hydrogens is 207 g/mol. The van der Waals surface area contributed by atoms with Gasteiger partial charge in [0.1, 0.15) is 11.9 Å². The van der Waals surface area contributed by atoms with Gasteiger partial charge in [-0.25, -0.2) is 4.39 Å². The van der Waals surface area contributed by atoms with Gasteiger partial charge in [0.25, 0.3) is 0 Å². The van der Waals surface area contributed by atoms with Crippen LogP contribution in [0, 0.1) is 12.7 Å². The van der Waals surface area contributed by atoms with Gasteiger partial charge in [0.05, 0.1) is 5.60 Å². The van der Waals surface area contributed by atoms with Gasteiger partial charge in [-0.2, -0.15) is 0 Å². The Morgan fingerprint density at radius 2 is 1.94 bits per heavy atom. The minimum atomic E-state index is -1.07. The molecule has 1 unspecified atom stereocenters. The second-order valence-electron chi connectivity index (χ2n) is 4.72. The fourth-order valence-electron chi connectivity index (χ4n) is 2.35. The van der Waals surface area contributed by atoms with Crippen LogP contribution >= 0.6 is 0 Å². The van der Waals surface area contributed by atoms with E-state index in [1.807, 2.05) is 0 Å². The molecule has 2 rings (SSSR count). The number of aliphatic hydroxyl groups excluding tert-OH is 1. The zero-order valence-corrected chi connectivity index (χ0v) is 9.41. The Morgan fingerprint density at radius 3 is 2.50 bits per heavy atom. The van der Waals surface area contributed by atoms with Crippen LogP contribution in [0.25, 0.3) is 0 Å². The summed E-state index contributed by atoms with van der Waals surface area (Å²) in [6.07, 6.45) is 2.03. The van der Waals surface area contributed by atoms with Gasteiger partial charge in [-0.15, -0.1) is 0 Å². The van der Waals surface area contributed by atoms with Gasteiger partial charge in [-0.05, 0) is 37.0 Å². The van der Waals surface area contributed by atoms with E-state index in [0.717, 1.165) is 12.8 Å². The van der Waals surface area contributed by atoms with E-state index >= 15 is 0 Å². The summed E-state index contributed by atoms with van der Waals surface area (Å²) in [6.45, 7) is 1.68. The molecule has 1 fully saturated rings. The molecule has 0 radical (unpaired) electrons. The Balaban J connectivity index is 2.26. The fraction of sp³-hybridized carbons (Fsp3) is 0.538. The highest BCUT2D eigenvalue weighted by Crippen LogP contribution is 2.39. The predicted molar refractivity (Wildman–Crippen MR) is 59.5 cm³/mol. The van der Waals surface area contributed by atoms with Crippen LogP contribution in [0.4, 0.5) is 4.39 Å². The van der Waals surface area contributed by atoms with E-state index in [1.165, 1.54) is 6.07 Å². The molecule has 0 bridgehead atoms. The highest BCUT2D eigenvalue weighted by Gasteiger charge is 2.39. The minimum Gasteiger partial charge on any atom is -0.387 e. The average Bonchev–Trinajstić information content (AvgIpc) is 2.70. The van der Waals surface area contributed by atoms with Gasteiger partial charge in [0.2, 0.25) is 0 Å². The summed E-state index contributed by atoms with van der Waals surface area (Å²) in [5.41, 5.74) is -0.0521. The van der Waals surface area contributed by atoms with E-state index < -0.39 is 11.7 Å². The Hall–Kier alpha value is -0.930. The lowest BCUT2D eigenvalue weighted by atomic mass is 9.89. The molecule has 1 saturated carbocycles. The molecular formula is C13H17FO2. The van der Waals surface area contributed by atoms with Gasteiger partial charge < -0.3 is 10.2 Å². The van der Waals surface area contributed by atoms with Crippen molar-refractivity contribution in [2.24, 2.45) is 0 Å². The van der Waals surface area contributed by atoms with Gasteiger partial charge in [-0.3, -0.25) is 0 Å². The summed E-state index contributed by atoms with van der Waals surface area (Å²) in [7, 11) is 0. The second kappa shape index (κ2) is 4.15. The second-order valence-corrected chi connectivity index (χ2v) is 4.72. The molecule has 1 aliphatic carbocycles. The third-order valence-corrected chi connectivity index (χ3v) is 3.49. The van der Waals surface area contributed by atoms with Crippen LogP contribution in [0.1, 0.15) is 42.9 Å². The van der Waals surface area contributed by atoms with Crippen LogP contribution in [0.5, 0.6) is 0 Å². The zero-order valence-electron chi connectivity index (χ0n) is 9.41. The maximum absolute atomic E-state index is 13.4. The van der Waals surface area contributed by atoms with Crippen LogP contribution in [0.15, 0.2) is 18.2 Å². The normalized spacial score (nSPS) is 21.0. The number of rotatable bonds is 2. The first-order chi connectivity index (χ1) is 7.53. The molecule has 2 nitrogen and oxygen atoms in total. The largest absolute Gasteiger partial charge is 0.387 e. The monoisotopic (exact) mass is 224 g/mol. The van der Waals surface area contributed by atoms with Crippen molar-refractivity contribution in [1.29, 1.82) is 0 Å². The first-order valence-corrected chi connectivity index (χ1v) is 5.69. The van der Waals surface area contributed by atoms with E-state index in [4.69, 9.17) is 0 Å². The Morgan fingerprint density at radius 1 is 1.31 bits per heavy atom. The highest BCUT2D eigenvalue weighted by molar-refractivity contribution is 5.26. The minimum absolute atomic E-state index is 0.335. The molecule has 16 heavy (non-hydrogen) atoms. The van der Waals surface area contributed by atoms with Crippen molar-refractivity contribution >= 4 is 0 Å². The van der Waals surface area contributed by atoms with Gasteiger partial charge in [0.15, 0.2) is 0 Å². The Bertz CT molecular complexity index is 384. The molecule has 1 aromatic rings. The molecule has 1 aliphatic rings. The number of aryl methyl sites for hydroxylation is 1. The SMILES string of the molecule is Cc1ccc(C(O)C2(O)CCCC2)cc1F. The third kappa shape index (κ3) is 1.97. The molecule has 0 aliphatic heterocycles. The van der Waals surface area contributed by atoms with Crippen LogP contribution in [-0.2, 0) is 0 Å². The molecule has 0 spiro atoms. The number of halogens is 1. The van der Waals surface area contributed by atoms with Crippen molar-refractivity contribution in [1.82, 2.24) is 0 Å². The van der Waals surface area contributed by atoms with Crippen LogP contribution in [0.3, 0.4) is 0 Å². The Labute approximate surface area is 94.7 Å². The molecule has 0 saturated heterocycles. The summed E-state index contributed by atoms with van der Waals surface area (Å²) < 4.78 is 13.4.